The molecule has 266 valence electrons. The van der Waals surface area contributed by atoms with Gasteiger partial charge in [0.1, 0.15) is 11.2 Å². The normalized spacial score (nSPS) is 11.9. The SMILES string of the molecule is c1ccc(-c2nc(-c3ccccc3)nc(-c3cccc4oc5cc(-c6cccc7sc8c(-n9c%10ccccc%10c%10ccccc%109)cccc8c67)ccc5c34)n2)cc1. The van der Waals surface area contributed by atoms with E-state index in [9.17, 15) is 0 Å². The van der Waals surface area contributed by atoms with Gasteiger partial charge in [-0.25, -0.2) is 15.0 Å². The van der Waals surface area contributed by atoms with Crippen molar-refractivity contribution in [3.8, 4) is 51.0 Å². The number of nitrogens with zero attached hydrogens (tertiary/aromatic N) is 4. The number of furan rings is 1. The molecule has 0 aliphatic heterocycles. The maximum atomic E-state index is 6.67. The number of para-hydroxylation sites is 2. The molecule has 8 aromatic carbocycles. The Balaban J connectivity index is 1.03. The van der Waals surface area contributed by atoms with E-state index in [2.05, 4.69) is 114 Å². The molecular formula is C51H30N4OS. The Morgan fingerprint density at radius 1 is 0.404 bits per heavy atom. The Kier molecular flexibility index (Phi) is 7.03. The van der Waals surface area contributed by atoms with E-state index in [1.165, 1.54) is 53.2 Å². The van der Waals surface area contributed by atoms with Crippen LogP contribution in [0.5, 0.6) is 0 Å². The molecule has 12 aromatic rings. The third kappa shape index (κ3) is 4.98. The molecule has 5 nitrogen and oxygen atoms in total. The molecule has 57 heavy (non-hydrogen) atoms. The van der Waals surface area contributed by atoms with Crippen molar-refractivity contribution < 1.29 is 4.42 Å². The van der Waals surface area contributed by atoms with Crippen molar-refractivity contribution >= 4 is 75.3 Å². The van der Waals surface area contributed by atoms with Gasteiger partial charge in [-0.05, 0) is 53.6 Å². The largest absolute Gasteiger partial charge is 0.456 e. The van der Waals surface area contributed by atoms with E-state index in [1.54, 1.807) is 0 Å². The van der Waals surface area contributed by atoms with E-state index in [0.717, 1.165) is 44.2 Å². The van der Waals surface area contributed by atoms with Gasteiger partial charge in [-0.15, -0.1) is 11.3 Å². The lowest BCUT2D eigenvalue weighted by atomic mass is 9.97. The second-order valence-corrected chi connectivity index (χ2v) is 15.4. The van der Waals surface area contributed by atoms with Gasteiger partial charge in [0.2, 0.25) is 0 Å². The first-order chi connectivity index (χ1) is 28.3. The van der Waals surface area contributed by atoms with Crippen LogP contribution in [0.2, 0.25) is 0 Å². The van der Waals surface area contributed by atoms with Crippen LogP contribution in [-0.2, 0) is 0 Å². The van der Waals surface area contributed by atoms with Gasteiger partial charge in [0.25, 0.3) is 0 Å². The molecule has 0 radical (unpaired) electrons. The minimum Gasteiger partial charge on any atom is -0.456 e. The topological polar surface area (TPSA) is 56.7 Å². The predicted molar refractivity (Wildman–Crippen MR) is 236 cm³/mol. The van der Waals surface area contributed by atoms with E-state index in [0.29, 0.717) is 17.5 Å². The van der Waals surface area contributed by atoms with Gasteiger partial charge in [0.05, 0.1) is 21.4 Å². The third-order valence-corrected chi connectivity index (χ3v) is 12.3. The second-order valence-electron chi connectivity index (χ2n) is 14.3. The van der Waals surface area contributed by atoms with Crippen molar-refractivity contribution in [2.24, 2.45) is 0 Å². The maximum absolute atomic E-state index is 6.67. The Morgan fingerprint density at radius 3 is 1.72 bits per heavy atom. The molecule has 0 atom stereocenters. The molecule has 0 aliphatic carbocycles. The number of rotatable bonds is 5. The third-order valence-electron chi connectivity index (χ3n) is 11.1. The molecule has 0 aliphatic rings. The highest BCUT2D eigenvalue weighted by Crippen LogP contribution is 2.45. The Labute approximate surface area is 330 Å². The molecule has 0 amide bonds. The highest BCUT2D eigenvalue weighted by Gasteiger charge is 2.21. The number of aromatic nitrogens is 4. The highest BCUT2D eigenvalue weighted by atomic mass is 32.1. The molecule has 0 unspecified atom stereocenters. The molecular weight excluding hydrogens is 717 g/mol. The number of hydrogen-bond acceptors (Lipinski definition) is 5. The van der Waals surface area contributed by atoms with E-state index in [1.807, 2.05) is 84.1 Å². The molecule has 0 N–H and O–H groups in total. The summed E-state index contributed by atoms with van der Waals surface area (Å²) in [5, 5.41) is 7.02. The fourth-order valence-corrected chi connectivity index (χ4v) is 9.77. The van der Waals surface area contributed by atoms with E-state index in [4.69, 9.17) is 19.4 Å². The summed E-state index contributed by atoms with van der Waals surface area (Å²) in [5.41, 5.74) is 10.3. The van der Waals surface area contributed by atoms with Gasteiger partial charge in [0.15, 0.2) is 17.5 Å². The van der Waals surface area contributed by atoms with Crippen molar-refractivity contribution in [1.82, 2.24) is 19.5 Å². The average Bonchev–Trinajstić information content (AvgIpc) is 3.96. The summed E-state index contributed by atoms with van der Waals surface area (Å²) in [6.07, 6.45) is 0. The first-order valence-corrected chi connectivity index (χ1v) is 19.8. The minimum absolute atomic E-state index is 0.605. The minimum atomic E-state index is 0.605. The molecule has 4 aromatic heterocycles. The summed E-state index contributed by atoms with van der Waals surface area (Å²) in [6, 6.07) is 63.7. The quantitative estimate of drug-likeness (QED) is 0.176. The summed E-state index contributed by atoms with van der Waals surface area (Å²) in [4.78, 5) is 15.0. The first kappa shape index (κ1) is 31.9. The smallest absolute Gasteiger partial charge is 0.164 e. The van der Waals surface area contributed by atoms with Crippen molar-refractivity contribution in [2.45, 2.75) is 0 Å². The van der Waals surface area contributed by atoms with E-state index >= 15 is 0 Å². The monoisotopic (exact) mass is 746 g/mol. The molecule has 4 heterocycles. The number of thiophene rings is 1. The Bertz CT molecular complexity index is 3420. The van der Waals surface area contributed by atoms with Crippen molar-refractivity contribution in [3.05, 3.63) is 182 Å². The lowest BCUT2D eigenvalue weighted by Gasteiger charge is -2.10. The fraction of sp³-hybridized carbons (Fsp3) is 0. The summed E-state index contributed by atoms with van der Waals surface area (Å²) in [5.74, 6) is 1.86. The number of benzene rings is 8. The van der Waals surface area contributed by atoms with Crippen LogP contribution >= 0.6 is 11.3 Å². The van der Waals surface area contributed by atoms with Gasteiger partial charge in [-0.3, -0.25) is 0 Å². The molecule has 0 bridgehead atoms. The van der Waals surface area contributed by atoms with Crippen molar-refractivity contribution in [2.75, 3.05) is 0 Å². The standard InChI is InChI=1S/C51H30N4OS/c1-3-14-31(15-4-1)49-52-50(32-16-5-2-6-17-32)54-51(53-49)39-22-12-26-43-46(39)37-29-28-33(30-44(37)56-43)34-20-13-27-45-47(34)38-21-11-25-42(48(38)57-45)55-40-23-9-7-18-35(40)36-19-8-10-24-41(36)55/h1-30H. The Morgan fingerprint density at radius 2 is 1.00 bits per heavy atom. The van der Waals surface area contributed by atoms with Crippen molar-refractivity contribution in [3.63, 3.8) is 0 Å². The zero-order valence-corrected chi connectivity index (χ0v) is 31.2. The zero-order valence-electron chi connectivity index (χ0n) is 30.4. The van der Waals surface area contributed by atoms with Crippen LogP contribution in [-0.4, -0.2) is 19.5 Å². The Hall–Kier alpha value is -7.41. The zero-order chi connectivity index (χ0) is 37.5. The second kappa shape index (κ2) is 12.6. The lowest BCUT2D eigenvalue weighted by Crippen LogP contribution is -2.00. The molecule has 6 heteroatoms. The molecule has 0 spiro atoms. The van der Waals surface area contributed by atoms with E-state index < -0.39 is 0 Å². The molecule has 0 saturated carbocycles. The molecule has 0 saturated heterocycles. The van der Waals surface area contributed by atoms with Gasteiger partial charge in [0, 0.05) is 53.7 Å². The van der Waals surface area contributed by atoms with Crippen LogP contribution in [0.1, 0.15) is 0 Å². The van der Waals surface area contributed by atoms with Crippen LogP contribution < -0.4 is 0 Å². The van der Waals surface area contributed by atoms with Crippen molar-refractivity contribution in [1.29, 1.82) is 0 Å². The fourth-order valence-electron chi connectivity index (χ4n) is 8.54. The van der Waals surface area contributed by atoms with Gasteiger partial charge in [-0.2, -0.15) is 0 Å². The lowest BCUT2D eigenvalue weighted by molar-refractivity contribution is 0.669. The van der Waals surface area contributed by atoms with Gasteiger partial charge < -0.3 is 8.98 Å². The summed E-state index contributed by atoms with van der Waals surface area (Å²) in [7, 11) is 0. The summed E-state index contributed by atoms with van der Waals surface area (Å²) in [6.45, 7) is 0. The van der Waals surface area contributed by atoms with Gasteiger partial charge in [-0.1, -0.05) is 140 Å². The van der Waals surface area contributed by atoms with Crippen LogP contribution in [0, 0.1) is 0 Å². The number of fused-ring (bicyclic) bond motifs is 9. The van der Waals surface area contributed by atoms with E-state index in [-0.39, 0.29) is 0 Å². The first-order valence-electron chi connectivity index (χ1n) is 19.0. The maximum Gasteiger partial charge on any atom is 0.164 e. The average molecular weight is 747 g/mol. The van der Waals surface area contributed by atoms with Gasteiger partial charge >= 0.3 is 0 Å². The molecule has 12 rings (SSSR count). The molecule has 0 fully saturated rings. The van der Waals surface area contributed by atoms with Crippen LogP contribution in [0.3, 0.4) is 0 Å². The summed E-state index contributed by atoms with van der Waals surface area (Å²) < 4.78 is 11.6. The van der Waals surface area contributed by atoms with Crippen LogP contribution in [0.25, 0.3) is 115 Å². The van der Waals surface area contributed by atoms with Crippen LogP contribution in [0.4, 0.5) is 0 Å². The number of hydrogen-bond donors (Lipinski definition) is 0. The van der Waals surface area contributed by atoms with Crippen LogP contribution in [0.15, 0.2) is 186 Å². The summed E-state index contributed by atoms with van der Waals surface area (Å²) >= 11 is 1.86. The predicted octanol–water partition coefficient (Wildman–Crippen LogP) is 13.9. The highest BCUT2D eigenvalue weighted by molar-refractivity contribution is 7.26.